The number of anilines is 2. The van der Waals surface area contributed by atoms with E-state index in [1.54, 1.807) is 51.1 Å². The van der Waals surface area contributed by atoms with E-state index in [4.69, 9.17) is 32.7 Å². The summed E-state index contributed by atoms with van der Waals surface area (Å²) in [7, 11) is 0. The Balaban J connectivity index is 0.000000614. The van der Waals surface area contributed by atoms with Crippen LogP contribution >= 0.6 is 27.5 Å². The highest BCUT2D eigenvalue weighted by Crippen LogP contribution is 2.20. The number of aliphatic hydroxyl groups is 1. The van der Waals surface area contributed by atoms with Gasteiger partial charge in [0.15, 0.2) is 6.10 Å². The van der Waals surface area contributed by atoms with Gasteiger partial charge in [0.1, 0.15) is 0 Å². The minimum absolute atomic E-state index is 0.00206. The van der Waals surface area contributed by atoms with Crippen molar-refractivity contribution >= 4 is 68.6 Å². The molecule has 0 aromatic heterocycles. The van der Waals surface area contributed by atoms with Gasteiger partial charge in [-0.3, -0.25) is 19.2 Å². The fraction of sp³-hybridized carbons (Fsp3) is 0.321. The minimum atomic E-state index is -1.27. The molecular weight excluding hydrogens is 622 g/mol. The molecule has 0 aliphatic carbocycles. The molecule has 0 fully saturated rings. The molecule has 3 amide bonds. The number of nitrogens with one attached hydrogen (secondary N) is 2. The number of aliphatic carboxylic acids is 2. The Bertz CT molecular complexity index is 1250. The van der Waals surface area contributed by atoms with Crippen molar-refractivity contribution in [2.45, 2.75) is 53.1 Å². The van der Waals surface area contributed by atoms with E-state index in [2.05, 4.69) is 26.6 Å². The van der Waals surface area contributed by atoms with Gasteiger partial charge >= 0.3 is 11.9 Å². The summed E-state index contributed by atoms with van der Waals surface area (Å²) < 4.78 is 0.860. The number of benzene rings is 2. The molecule has 0 saturated carbocycles. The van der Waals surface area contributed by atoms with Crippen LogP contribution in [0.15, 0.2) is 59.1 Å². The first kappa shape index (κ1) is 37.3. The number of carbonyl (C=O) groups is 5. The fourth-order valence-corrected chi connectivity index (χ4v) is 3.15. The third kappa shape index (κ3) is 18.3. The SMILES string of the molecule is CC(C)(C)C(O)C(=O)O.Cc1ccc(NC(=O)CCCC(=O)O)cc1Cl.NC(=O)/C=C\C(=O)Nc1cccc(Br)c1. The van der Waals surface area contributed by atoms with Gasteiger partial charge in [0.25, 0.3) is 0 Å². The van der Waals surface area contributed by atoms with Crippen LogP contribution in [0.3, 0.4) is 0 Å². The van der Waals surface area contributed by atoms with E-state index in [9.17, 15) is 24.0 Å². The summed E-state index contributed by atoms with van der Waals surface area (Å²) >= 11 is 9.19. The lowest BCUT2D eigenvalue weighted by molar-refractivity contribution is -0.152. The molecule has 13 heteroatoms. The quantitative estimate of drug-likeness (QED) is 0.208. The van der Waals surface area contributed by atoms with E-state index in [0.717, 1.165) is 22.2 Å². The molecule has 0 saturated heterocycles. The van der Waals surface area contributed by atoms with Crippen molar-refractivity contribution in [2.24, 2.45) is 11.1 Å². The maximum absolute atomic E-state index is 11.4. The number of aryl methyl sites for hydroxylation is 1. The van der Waals surface area contributed by atoms with Gasteiger partial charge in [0.2, 0.25) is 17.7 Å². The van der Waals surface area contributed by atoms with Crippen LogP contribution in [0.2, 0.25) is 5.02 Å². The van der Waals surface area contributed by atoms with Gasteiger partial charge in [-0.25, -0.2) is 4.79 Å². The van der Waals surface area contributed by atoms with E-state index >= 15 is 0 Å². The van der Waals surface area contributed by atoms with Crippen molar-refractivity contribution in [3.63, 3.8) is 0 Å². The molecule has 0 spiro atoms. The van der Waals surface area contributed by atoms with Crippen LogP contribution in [-0.2, 0) is 24.0 Å². The van der Waals surface area contributed by atoms with Crippen LogP contribution in [0, 0.1) is 12.3 Å². The van der Waals surface area contributed by atoms with Crippen molar-refractivity contribution in [3.05, 3.63) is 69.7 Å². The molecule has 0 radical (unpaired) electrons. The second-order valence-electron chi connectivity index (χ2n) is 9.60. The number of amides is 3. The molecule has 224 valence electrons. The third-order valence-corrected chi connectivity index (χ3v) is 5.70. The van der Waals surface area contributed by atoms with Crippen LogP contribution in [0.4, 0.5) is 11.4 Å². The monoisotopic (exact) mass is 655 g/mol. The molecule has 1 atom stereocenters. The molecule has 11 nitrogen and oxygen atoms in total. The van der Waals surface area contributed by atoms with E-state index < -0.39 is 35.3 Å². The largest absolute Gasteiger partial charge is 0.481 e. The van der Waals surface area contributed by atoms with Crippen LogP contribution in [-0.4, -0.2) is 51.1 Å². The summed E-state index contributed by atoms with van der Waals surface area (Å²) in [5.74, 6) is -3.31. The van der Waals surface area contributed by atoms with Crippen LogP contribution < -0.4 is 16.4 Å². The summed E-state index contributed by atoms with van der Waals surface area (Å²) in [5, 5.41) is 31.4. The van der Waals surface area contributed by atoms with Crippen LogP contribution in [0.1, 0.15) is 45.6 Å². The number of aliphatic hydroxyl groups excluding tert-OH is 1. The molecule has 41 heavy (non-hydrogen) atoms. The minimum Gasteiger partial charge on any atom is -0.481 e. The lowest BCUT2D eigenvalue weighted by atomic mass is 9.89. The number of hydrogen-bond donors (Lipinski definition) is 6. The van der Waals surface area contributed by atoms with Gasteiger partial charge in [-0.05, 0) is 54.7 Å². The Hall–Kier alpha value is -3.74. The standard InChI is InChI=1S/C12H14ClNO3.C10H9BrN2O2.C6H12O3/c1-8-5-6-9(7-10(8)13)14-11(15)3-2-4-12(16)17;11-7-2-1-3-8(6-7)13-10(15)5-4-9(12)14;1-6(2,3)4(7)5(8)9/h5-7H,2-4H2,1H3,(H,14,15)(H,16,17);1-6H,(H2,12,14)(H,13,15);4,7H,1-3H3,(H,8,9)/b;5-4-;. The molecule has 0 bridgehead atoms. The topological polar surface area (TPSA) is 196 Å². The normalized spacial score (nSPS) is 11.2. The Labute approximate surface area is 251 Å². The van der Waals surface area contributed by atoms with Crippen LogP contribution in [0.25, 0.3) is 0 Å². The number of carboxylic acids is 2. The van der Waals surface area contributed by atoms with Crippen molar-refractivity contribution in [2.75, 3.05) is 10.6 Å². The molecule has 2 aromatic rings. The summed E-state index contributed by atoms with van der Waals surface area (Å²) in [6.45, 7) is 6.89. The second kappa shape index (κ2) is 18.6. The predicted octanol–water partition coefficient (Wildman–Crippen LogP) is 4.75. The number of carboxylic acid groups (broad SMARTS) is 2. The van der Waals surface area contributed by atoms with Gasteiger partial charge in [-0.1, -0.05) is 60.4 Å². The van der Waals surface area contributed by atoms with E-state index in [1.165, 1.54) is 0 Å². The van der Waals surface area contributed by atoms with Gasteiger partial charge in [-0.15, -0.1) is 0 Å². The number of halogens is 2. The van der Waals surface area contributed by atoms with Gasteiger partial charge in [0, 0.05) is 45.9 Å². The third-order valence-electron chi connectivity index (χ3n) is 4.80. The molecule has 0 heterocycles. The summed E-state index contributed by atoms with van der Waals surface area (Å²) in [4.78, 5) is 53.4. The van der Waals surface area contributed by atoms with Crippen LogP contribution in [0.5, 0.6) is 0 Å². The first-order valence-electron chi connectivity index (χ1n) is 12.1. The number of carbonyl (C=O) groups excluding carboxylic acids is 3. The van der Waals surface area contributed by atoms with E-state index in [1.807, 2.05) is 19.1 Å². The molecular formula is C28H35BrClN3O8. The zero-order chi connectivity index (χ0) is 31.8. The Morgan fingerprint density at radius 1 is 0.976 bits per heavy atom. The van der Waals surface area contributed by atoms with Gasteiger partial charge < -0.3 is 31.7 Å². The molecule has 7 N–H and O–H groups in total. The zero-order valence-electron chi connectivity index (χ0n) is 23.1. The van der Waals surface area contributed by atoms with E-state index in [-0.39, 0.29) is 18.7 Å². The lowest BCUT2D eigenvalue weighted by Crippen LogP contribution is -2.33. The van der Waals surface area contributed by atoms with Gasteiger partial charge in [-0.2, -0.15) is 0 Å². The highest BCUT2D eigenvalue weighted by Gasteiger charge is 2.28. The number of hydrogen-bond acceptors (Lipinski definition) is 6. The average molecular weight is 657 g/mol. The highest BCUT2D eigenvalue weighted by atomic mass is 79.9. The average Bonchev–Trinajstić information content (AvgIpc) is 2.84. The maximum Gasteiger partial charge on any atom is 0.333 e. The summed E-state index contributed by atoms with van der Waals surface area (Å²) in [5.41, 5.74) is 6.49. The summed E-state index contributed by atoms with van der Waals surface area (Å²) in [6, 6.07) is 12.4. The zero-order valence-corrected chi connectivity index (χ0v) is 25.5. The lowest BCUT2D eigenvalue weighted by Gasteiger charge is -2.21. The van der Waals surface area contributed by atoms with Gasteiger partial charge in [0.05, 0.1) is 0 Å². The number of rotatable bonds is 9. The fourth-order valence-electron chi connectivity index (χ4n) is 2.57. The Kier molecular flexibility index (Phi) is 16.9. The number of primary amides is 1. The summed E-state index contributed by atoms with van der Waals surface area (Å²) in [6.07, 6.45) is 1.36. The molecule has 0 aliphatic heterocycles. The number of nitrogens with two attached hydrogens (primary N) is 1. The van der Waals surface area contributed by atoms with E-state index in [0.29, 0.717) is 22.8 Å². The van der Waals surface area contributed by atoms with Crippen molar-refractivity contribution in [1.82, 2.24) is 0 Å². The second-order valence-corrected chi connectivity index (χ2v) is 10.9. The maximum atomic E-state index is 11.4. The molecule has 2 rings (SSSR count). The molecule has 2 aromatic carbocycles. The molecule has 0 aliphatic rings. The van der Waals surface area contributed by atoms with Crippen molar-refractivity contribution in [3.8, 4) is 0 Å². The first-order chi connectivity index (χ1) is 18.9. The highest BCUT2D eigenvalue weighted by molar-refractivity contribution is 9.10. The first-order valence-corrected chi connectivity index (χ1v) is 13.3. The van der Waals surface area contributed by atoms with Crippen molar-refractivity contribution < 1.29 is 39.3 Å². The smallest absolute Gasteiger partial charge is 0.333 e. The predicted molar refractivity (Wildman–Crippen MR) is 161 cm³/mol. The Morgan fingerprint density at radius 2 is 1.59 bits per heavy atom. The Morgan fingerprint density at radius 3 is 2.05 bits per heavy atom. The molecule has 1 unspecified atom stereocenters. The van der Waals surface area contributed by atoms with Crippen molar-refractivity contribution in [1.29, 1.82) is 0 Å².